The van der Waals surface area contributed by atoms with E-state index in [0.717, 1.165) is 30.6 Å². The summed E-state index contributed by atoms with van der Waals surface area (Å²) in [7, 11) is -1.91. The van der Waals surface area contributed by atoms with E-state index in [-0.39, 0.29) is 14.3 Å². The van der Waals surface area contributed by atoms with Gasteiger partial charge < -0.3 is 4.74 Å². The Kier molecular flexibility index (Phi) is 3.74. The zero-order chi connectivity index (χ0) is 12.5. The highest BCUT2D eigenvalue weighted by atomic mass is 35.5. The lowest BCUT2D eigenvalue weighted by atomic mass is 9.80. The average Bonchev–Trinajstić information content (AvgIpc) is 2.64. The van der Waals surface area contributed by atoms with Gasteiger partial charge in [-0.2, -0.15) is 0 Å². The molecule has 0 radical (unpaired) electrons. The van der Waals surface area contributed by atoms with E-state index in [0.29, 0.717) is 6.54 Å². The molecule has 1 aliphatic carbocycles. The van der Waals surface area contributed by atoms with Crippen molar-refractivity contribution in [3.05, 3.63) is 10.7 Å². The summed E-state index contributed by atoms with van der Waals surface area (Å²) in [4.78, 5) is 3.72. The molecule has 0 atom stereocenters. The highest BCUT2D eigenvalue weighted by molar-refractivity contribution is 7.91. The minimum Gasteiger partial charge on any atom is -0.377 e. The van der Waals surface area contributed by atoms with Gasteiger partial charge in [0.05, 0.1) is 11.8 Å². The number of aromatic nitrogens is 1. The maximum absolute atomic E-state index is 11.9. The Morgan fingerprint density at radius 2 is 2.35 bits per heavy atom. The average molecular weight is 297 g/mol. The van der Waals surface area contributed by atoms with Gasteiger partial charge in [0.25, 0.3) is 10.0 Å². The molecule has 0 saturated heterocycles. The molecule has 0 aliphatic heterocycles. The van der Waals surface area contributed by atoms with Crippen molar-refractivity contribution >= 4 is 33.0 Å². The summed E-state index contributed by atoms with van der Waals surface area (Å²) in [6.07, 6.45) is 4.10. The molecule has 8 heteroatoms. The molecule has 0 aromatic carbocycles. The van der Waals surface area contributed by atoms with Crippen molar-refractivity contribution < 1.29 is 13.2 Å². The summed E-state index contributed by atoms with van der Waals surface area (Å²) in [5.41, 5.74) is -0.332. The van der Waals surface area contributed by atoms with Crippen molar-refractivity contribution in [2.24, 2.45) is 0 Å². The second-order valence-electron chi connectivity index (χ2n) is 4.00. The number of nitrogens with zero attached hydrogens (tertiary/aromatic N) is 1. The monoisotopic (exact) mass is 296 g/mol. The third-order valence-corrected chi connectivity index (χ3v) is 5.98. The summed E-state index contributed by atoms with van der Waals surface area (Å²) < 4.78 is 32.0. The van der Waals surface area contributed by atoms with Crippen molar-refractivity contribution in [1.82, 2.24) is 9.71 Å². The topological polar surface area (TPSA) is 68.3 Å². The fraction of sp³-hybridized carbons (Fsp3) is 0.667. The molecule has 1 heterocycles. The first-order chi connectivity index (χ1) is 7.97. The molecule has 1 aromatic rings. The molecule has 0 unspecified atom stereocenters. The zero-order valence-corrected chi connectivity index (χ0v) is 11.7. The standard InChI is InChI=1S/C9H13ClN2O3S2/c1-15-9(3-2-4-9)6-12-17(13,14)7-5-11-8(10)16-7/h5,12H,2-4,6H2,1H3. The number of sulfonamides is 1. The maximum Gasteiger partial charge on any atom is 0.251 e. The third kappa shape index (κ3) is 2.79. The predicted molar refractivity (Wildman–Crippen MR) is 65.9 cm³/mol. The minimum absolute atomic E-state index is 0.132. The second kappa shape index (κ2) is 4.81. The van der Waals surface area contributed by atoms with E-state index in [1.807, 2.05) is 0 Å². The molecule has 1 aromatic heterocycles. The van der Waals surface area contributed by atoms with E-state index in [2.05, 4.69) is 9.71 Å². The number of rotatable bonds is 5. The van der Waals surface area contributed by atoms with Gasteiger partial charge in [0, 0.05) is 13.7 Å². The number of hydrogen-bond acceptors (Lipinski definition) is 5. The summed E-state index contributed by atoms with van der Waals surface area (Å²) in [6, 6.07) is 0. The molecule has 1 saturated carbocycles. The lowest BCUT2D eigenvalue weighted by Gasteiger charge is -2.40. The van der Waals surface area contributed by atoms with Crippen LogP contribution in [0.2, 0.25) is 4.47 Å². The highest BCUT2D eigenvalue weighted by Crippen LogP contribution is 2.34. The van der Waals surface area contributed by atoms with Gasteiger partial charge in [-0.1, -0.05) is 22.9 Å². The first-order valence-electron chi connectivity index (χ1n) is 5.14. The Labute approximate surface area is 109 Å². The van der Waals surface area contributed by atoms with Gasteiger partial charge in [-0.3, -0.25) is 0 Å². The van der Waals surface area contributed by atoms with Crippen LogP contribution in [0.1, 0.15) is 19.3 Å². The van der Waals surface area contributed by atoms with Crippen LogP contribution in [-0.4, -0.2) is 32.7 Å². The Bertz CT molecular complexity index is 491. The van der Waals surface area contributed by atoms with Crippen molar-refractivity contribution in [3.63, 3.8) is 0 Å². The Balaban J connectivity index is 2.03. The van der Waals surface area contributed by atoms with E-state index in [9.17, 15) is 8.42 Å². The van der Waals surface area contributed by atoms with E-state index in [1.54, 1.807) is 7.11 Å². The van der Waals surface area contributed by atoms with Crippen LogP contribution in [0, 0.1) is 0 Å². The van der Waals surface area contributed by atoms with Crippen molar-refractivity contribution in [3.8, 4) is 0 Å². The van der Waals surface area contributed by atoms with Gasteiger partial charge in [-0.15, -0.1) is 0 Å². The normalized spacial score (nSPS) is 18.9. The third-order valence-electron chi connectivity index (χ3n) is 3.00. The molecule has 1 aliphatic rings. The largest absolute Gasteiger partial charge is 0.377 e. The molecule has 1 N–H and O–H groups in total. The Morgan fingerprint density at radius 1 is 1.65 bits per heavy atom. The predicted octanol–water partition coefficient (Wildman–Crippen LogP) is 1.64. The first-order valence-corrected chi connectivity index (χ1v) is 7.81. The van der Waals surface area contributed by atoms with Crippen LogP contribution in [0.25, 0.3) is 0 Å². The quantitative estimate of drug-likeness (QED) is 0.897. The van der Waals surface area contributed by atoms with E-state index < -0.39 is 10.0 Å². The fourth-order valence-electron chi connectivity index (χ4n) is 1.69. The van der Waals surface area contributed by atoms with E-state index in [4.69, 9.17) is 16.3 Å². The van der Waals surface area contributed by atoms with Crippen LogP contribution in [0.15, 0.2) is 10.4 Å². The van der Waals surface area contributed by atoms with Crippen molar-refractivity contribution in [2.45, 2.75) is 29.1 Å². The van der Waals surface area contributed by atoms with Gasteiger partial charge >= 0.3 is 0 Å². The van der Waals surface area contributed by atoms with Crippen LogP contribution < -0.4 is 4.72 Å². The van der Waals surface area contributed by atoms with Crippen molar-refractivity contribution in [1.29, 1.82) is 0 Å². The maximum atomic E-state index is 11.9. The van der Waals surface area contributed by atoms with Crippen LogP contribution >= 0.6 is 22.9 Å². The molecule has 2 rings (SSSR count). The molecule has 96 valence electrons. The van der Waals surface area contributed by atoms with Crippen LogP contribution in [0.4, 0.5) is 0 Å². The number of ether oxygens (including phenoxy) is 1. The molecular formula is C9H13ClN2O3S2. The Hall–Kier alpha value is -0.210. The van der Waals surface area contributed by atoms with Crippen LogP contribution in [0.3, 0.4) is 0 Å². The lowest BCUT2D eigenvalue weighted by molar-refractivity contribution is -0.0659. The van der Waals surface area contributed by atoms with E-state index >= 15 is 0 Å². The molecule has 17 heavy (non-hydrogen) atoms. The highest BCUT2D eigenvalue weighted by Gasteiger charge is 2.38. The summed E-state index contributed by atoms with van der Waals surface area (Å²) in [5, 5.41) is 0. The fourth-order valence-corrected chi connectivity index (χ4v) is 4.14. The van der Waals surface area contributed by atoms with Crippen LogP contribution in [-0.2, 0) is 14.8 Å². The summed E-state index contributed by atoms with van der Waals surface area (Å²) in [6.45, 7) is 0.293. The minimum atomic E-state index is -3.52. The van der Waals surface area contributed by atoms with E-state index in [1.165, 1.54) is 6.20 Å². The number of halogens is 1. The molecule has 0 spiro atoms. The van der Waals surface area contributed by atoms with Crippen molar-refractivity contribution in [2.75, 3.05) is 13.7 Å². The summed E-state index contributed by atoms with van der Waals surface area (Å²) in [5.74, 6) is 0. The number of methoxy groups -OCH3 is 1. The van der Waals surface area contributed by atoms with Gasteiger partial charge in [-0.05, 0) is 19.3 Å². The number of nitrogens with one attached hydrogen (secondary N) is 1. The smallest absolute Gasteiger partial charge is 0.251 e. The SMILES string of the molecule is COC1(CNS(=O)(=O)c2cnc(Cl)s2)CCC1. The lowest BCUT2D eigenvalue weighted by Crippen LogP contribution is -2.49. The molecular weight excluding hydrogens is 284 g/mol. The Morgan fingerprint density at radius 3 is 2.76 bits per heavy atom. The zero-order valence-electron chi connectivity index (χ0n) is 9.27. The summed E-state index contributed by atoms with van der Waals surface area (Å²) >= 11 is 6.55. The molecule has 5 nitrogen and oxygen atoms in total. The van der Waals surface area contributed by atoms with Gasteiger partial charge in [0.1, 0.15) is 0 Å². The number of hydrogen-bond donors (Lipinski definition) is 1. The molecule has 0 bridgehead atoms. The molecule has 0 amide bonds. The first kappa shape index (κ1) is 13.2. The van der Waals surface area contributed by atoms with Gasteiger partial charge in [-0.25, -0.2) is 18.1 Å². The van der Waals surface area contributed by atoms with Gasteiger partial charge in [0.2, 0.25) is 0 Å². The molecule has 1 fully saturated rings. The number of thiazole rings is 1. The van der Waals surface area contributed by atoms with Crippen LogP contribution in [0.5, 0.6) is 0 Å². The van der Waals surface area contributed by atoms with Gasteiger partial charge in [0.15, 0.2) is 8.68 Å². The second-order valence-corrected chi connectivity index (χ2v) is 7.60.